The van der Waals surface area contributed by atoms with E-state index >= 15 is 0 Å². The Morgan fingerprint density at radius 3 is 2.56 bits per heavy atom. The molecule has 0 fully saturated rings. The molecule has 0 aliphatic heterocycles. The molecule has 0 radical (unpaired) electrons. The largest absolute Gasteiger partial charge is 0.330 e. The second-order valence-corrected chi connectivity index (χ2v) is 3.76. The molecule has 16 heavy (non-hydrogen) atoms. The first-order valence-electron chi connectivity index (χ1n) is 5.38. The van der Waals surface area contributed by atoms with Crippen LogP contribution in [0.5, 0.6) is 0 Å². The van der Waals surface area contributed by atoms with Gasteiger partial charge in [0.15, 0.2) is 0 Å². The Bertz CT molecular complexity index is 463. The lowest BCUT2D eigenvalue weighted by molar-refractivity contribution is 0.869. The van der Waals surface area contributed by atoms with Gasteiger partial charge in [-0.2, -0.15) is 0 Å². The summed E-state index contributed by atoms with van der Waals surface area (Å²) in [7, 11) is 0. The number of rotatable bonds is 3. The molecule has 1 aromatic carbocycles. The van der Waals surface area contributed by atoms with Gasteiger partial charge in [0.1, 0.15) is 5.82 Å². The molecule has 3 heteroatoms. The Labute approximate surface area is 95.4 Å². The molecule has 0 saturated heterocycles. The Morgan fingerprint density at radius 1 is 1.12 bits per heavy atom. The first-order chi connectivity index (χ1) is 7.79. The van der Waals surface area contributed by atoms with Crippen molar-refractivity contribution in [2.45, 2.75) is 13.3 Å². The summed E-state index contributed by atoms with van der Waals surface area (Å²) in [5.41, 5.74) is 8.81. The van der Waals surface area contributed by atoms with Gasteiger partial charge in [0.2, 0.25) is 0 Å². The molecule has 82 valence electrons. The Morgan fingerprint density at radius 2 is 1.88 bits per heavy atom. The predicted octanol–water partition coefficient (Wildman–Crippen LogP) is 1.95. The highest BCUT2D eigenvalue weighted by molar-refractivity contribution is 5.58. The van der Waals surface area contributed by atoms with Gasteiger partial charge >= 0.3 is 0 Å². The van der Waals surface area contributed by atoms with Crippen LogP contribution in [0.4, 0.5) is 0 Å². The summed E-state index contributed by atoms with van der Waals surface area (Å²) in [5.74, 6) is 0.806. The van der Waals surface area contributed by atoms with E-state index in [1.54, 1.807) is 6.20 Å². The van der Waals surface area contributed by atoms with Gasteiger partial charge in [0, 0.05) is 18.2 Å². The lowest BCUT2D eigenvalue weighted by Gasteiger charge is -2.03. The first-order valence-corrected chi connectivity index (χ1v) is 5.38. The summed E-state index contributed by atoms with van der Waals surface area (Å²) in [6.45, 7) is 2.65. The minimum absolute atomic E-state index is 0.581. The molecule has 2 rings (SSSR count). The van der Waals surface area contributed by atoms with Crippen molar-refractivity contribution in [3.8, 4) is 11.3 Å². The average molecular weight is 213 g/mol. The van der Waals surface area contributed by atoms with Crippen molar-refractivity contribution in [2.24, 2.45) is 5.73 Å². The summed E-state index contributed by atoms with van der Waals surface area (Å²) in [4.78, 5) is 8.65. The second kappa shape index (κ2) is 4.86. The standard InChI is InChI=1S/C13H15N3/c1-10-2-4-11(5-3-10)12-7-9-15-13(16-12)6-8-14/h2-5,7,9H,6,8,14H2,1H3. The van der Waals surface area contributed by atoms with Gasteiger partial charge in [-0.1, -0.05) is 29.8 Å². The van der Waals surface area contributed by atoms with Crippen LogP contribution in [0.15, 0.2) is 36.5 Å². The number of aromatic nitrogens is 2. The number of aryl methyl sites for hydroxylation is 1. The average Bonchev–Trinajstić information content (AvgIpc) is 2.31. The third-order valence-electron chi connectivity index (χ3n) is 2.42. The molecule has 1 aromatic heterocycles. The summed E-state index contributed by atoms with van der Waals surface area (Å²) in [6, 6.07) is 10.2. The Balaban J connectivity index is 2.32. The van der Waals surface area contributed by atoms with E-state index in [1.807, 2.05) is 6.07 Å². The molecule has 0 unspecified atom stereocenters. The van der Waals surface area contributed by atoms with Gasteiger partial charge in [-0.05, 0) is 19.5 Å². The van der Waals surface area contributed by atoms with E-state index in [2.05, 4.69) is 41.2 Å². The summed E-state index contributed by atoms with van der Waals surface area (Å²) in [5, 5.41) is 0. The highest BCUT2D eigenvalue weighted by atomic mass is 14.9. The summed E-state index contributed by atoms with van der Waals surface area (Å²) < 4.78 is 0. The van der Waals surface area contributed by atoms with E-state index < -0.39 is 0 Å². The zero-order valence-corrected chi connectivity index (χ0v) is 9.35. The van der Waals surface area contributed by atoms with Crippen molar-refractivity contribution in [1.82, 2.24) is 9.97 Å². The smallest absolute Gasteiger partial charge is 0.130 e. The molecule has 0 amide bonds. The van der Waals surface area contributed by atoms with E-state index in [4.69, 9.17) is 5.73 Å². The monoisotopic (exact) mass is 213 g/mol. The van der Waals surface area contributed by atoms with Crippen molar-refractivity contribution in [2.75, 3.05) is 6.54 Å². The van der Waals surface area contributed by atoms with Gasteiger partial charge < -0.3 is 5.73 Å². The topological polar surface area (TPSA) is 51.8 Å². The first kappa shape index (κ1) is 10.8. The summed E-state index contributed by atoms with van der Waals surface area (Å²) >= 11 is 0. The van der Waals surface area contributed by atoms with Gasteiger partial charge in [0.25, 0.3) is 0 Å². The number of hydrogen-bond donors (Lipinski definition) is 1. The number of benzene rings is 1. The van der Waals surface area contributed by atoms with Crippen LogP contribution in [-0.4, -0.2) is 16.5 Å². The third-order valence-corrected chi connectivity index (χ3v) is 2.42. The zero-order valence-electron chi connectivity index (χ0n) is 9.35. The highest BCUT2D eigenvalue weighted by Gasteiger charge is 2.01. The SMILES string of the molecule is Cc1ccc(-c2ccnc(CCN)n2)cc1. The van der Waals surface area contributed by atoms with Crippen LogP contribution in [0.3, 0.4) is 0 Å². The van der Waals surface area contributed by atoms with E-state index in [0.717, 1.165) is 23.5 Å². The Hall–Kier alpha value is -1.74. The molecule has 2 aromatic rings. The van der Waals surface area contributed by atoms with Crippen LogP contribution in [-0.2, 0) is 6.42 Å². The molecule has 0 atom stereocenters. The lowest BCUT2D eigenvalue weighted by atomic mass is 10.1. The normalized spacial score (nSPS) is 10.4. The molecule has 0 aliphatic rings. The Kier molecular flexibility index (Phi) is 3.27. The van der Waals surface area contributed by atoms with Crippen LogP contribution in [0.2, 0.25) is 0 Å². The van der Waals surface area contributed by atoms with E-state index in [0.29, 0.717) is 6.54 Å². The second-order valence-electron chi connectivity index (χ2n) is 3.76. The van der Waals surface area contributed by atoms with Crippen molar-refractivity contribution in [3.05, 3.63) is 47.9 Å². The summed E-state index contributed by atoms with van der Waals surface area (Å²) in [6.07, 6.45) is 2.51. The van der Waals surface area contributed by atoms with Crippen LogP contribution in [0.25, 0.3) is 11.3 Å². The maximum absolute atomic E-state index is 5.49. The molecule has 0 aliphatic carbocycles. The number of hydrogen-bond acceptors (Lipinski definition) is 3. The van der Waals surface area contributed by atoms with Crippen molar-refractivity contribution < 1.29 is 0 Å². The predicted molar refractivity (Wildman–Crippen MR) is 65.0 cm³/mol. The molecule has 0 spiro atoms. The quantitative estimate of drug-likeness (QED) is 0.847. The van der Waals surface area contributed by atoms with Crippen molar-refractivity contribution in [3.63, 3.8) is 0 Å². The fraction of sp³-hybridized carbons (Fsp3) is 0.231. The number of nitrogens with zero attached hydrogens (tertiary/aromatic N) is 2. The molecule has 2 N–H and O–H groups in total. The van der Waals surface area contributed by atoms with Gasteiger partial charge in [0.05, 0.1) is 5.69 Å². The molecule has 0 bridgehead atoms. The van der Waals surface area contributed by atoms with Crippen LogP contribution >= 0.6 is 0 Å². The van der Waals surface area contributed by atoms with Crippen LogP contribution < -0.4 is 5.73 Å². The minimum atomic E-state index is 0.581. The molecule has 3 nitrogen and oxygen atoms in total. The molecular weight excluding hydrogens is 198 g/mol. The third kappa shape index (κ3) is 2.44. The van der Waals surface area contributed by atoms with E-state index in [-0.39, 0.29) is 0 Å². The van der Waals surface area contributed by atoms with Crippen LogP contribution in [0.1, 0.15) is 11.4 Å². The lowest BCUT2D eigenvalue weighted by Crippen LogP contribution is -2.06. The number of nitrogens with two attached hydrogens (primary N) is 1. The molecular formula is C13H15N3. The highest BCUT2D eigenvalue weighted by Crippen LogP contribution is 2.16. The van der Waals surface area contributed by atoms with E-state index in [9.17, 15) is 0 Å². The maximum atomic E-state index is 5.49. The zero-order chi connectivity index (χ0) is 11.4. The van der Waals surface area contributed by atoms with Crippen LogP contribution in [0, 0.1) is 6.92 Å². The van der Waals surface area contributed by atoms with Gasteiger partial charge in [-0.3, -0.25) is 0 Å². The van der Waals surface area contributed by atoms with Crippen molar-refractivity contribution >= 4 is 0 Å². The van der Waals surface area contributed by atoms with Gasteiger partial charge in [-0.15, -0.1) is 0 Å². The molecule has 0 saturated carbocycles. The van der Waals surface area contributed by atoms with Gasteiger partial charge in [-0.25, -0.2) is 9.97 Å². The maximum Gasteiger partial charge on any atom is 0.130 e. The fourth-order valence-electron chi connectivity index (χ4n) is 1.53. The fourth-order valence-corrected chi connectivity index (χ4v) is 1.53. The minimum Gasteiger partial charge on any atom is -0.330 e. The van der Waals surface area contributed by atoms with Crippen molar-refractivity contribution in [1.29, 1.82) is 0 Å². The van der Waals surface area contributed by atoms with E-state index in [1.165, 1.54) is 5.56 Å². The molecule has 1 heterocycles.